The van der Waals surface area contributed by atoms with Crippen LogP contribution in [0.15, 0.2) is 48.7 Å². The molecule has 2 aromatic rings. The number of rotatable bonds is 6. The molecule has 0 bridgehead atoms. The van der Waals surface area contributed by atoms with Gasteiger partial charge in [0.25, 0.3) is 0 Å². The summed E-state index contributed by atoms with van der Waals surface area (Å²) in [6, 6.07) is 15.8. The molecule has 0 radical (unpaired) electrons. The number of nitrogens with one attached hydrogen (secondary N) is 1. The zero-order valence-electron chi connectivity index (χ0n) is 19.0. The van der Waals surface area contributed by atoms with Crippen molar-refractivity contribution in [2.75, 3.05) is 31.1 Å². The first-order valence-corrected chi connectivity index (χ1v) is 12.4. The van der Waals surface area contributed by atoms with E-state index in [0.29, 0.717) is 6.04 Å². The molecule has 2 aliphatic heterocycles. The molecule has 1 saturated carbocycles. The third kappa shape index (κ3) is 4.12. The third-order valence-electron chi connectivity index (χ3n) is 8.09. The molecule has 1 aliphatic carbocycles. The Morgan fingerprint density at radius 2 is 1.94 bits per heavy atom. The topological polar surface area (TPSA) is 37.4 Å². The van der Waals surface area contributed by atoms with E-state index in [-0.39, 0.29) is 11.0 Å². The average molecular weight is 420 g/mol. The van der Waals surface area contributed by atoms with Gasteiger partial charge >= 0.3 is 0 Å². The molecule has 4 nitrogen and oxygen atoms in total. The Bertz CT molecular complexity index is 864. The molecule has 0 amide bonds. The van der Waals surface area contributed by atoms with Crippen LogP contribution >= 0.6 is 0 Å². The van der Waals surface area contributed by atoms with Gasteiger partial charge in [0.1, 0.15) is 0 Å². The van der Waals surface area contributed by atoms with Gasteiger partial charge in [0.2, 0.25) is 0 Å². The smallest absolute Gasteiger partial charge is 0.0691 e. The molecule has 1 saturated heterocycles. The predicted molar refractivity (Wildman–Crippen MR) is 127 cm³/mol. The monoisotopic (exact) mass is 419 g/mol. The van der Waals surface area contributed by atoms with Crippen LogP contribution < -0.4 is 10.2 Å². The number of pyridine rings is 1. The number of ether oxygens (including phenoxy) is 1. The minimum atomic E-state index is 0.0921. The average Bonchev–Trinajstić information content (AvgIpc) is 3.27. The fourth-order valence-corrected chi connectivity index (χ4v) is 6.45. The molecule has 1 aromatic heterocycles. The molecule has 1 N–H and O–H groups in total. The Hall–Kier alpha value is -1.91. The zero-order chi connectivity index (χ0) is 21.2. The maximum atomic E-state index is 6.42. The molecule has 166 valence electrons. The minimum Gasteiger partial charge on any atom is -0.375 e. The number of nitrogens with zero attached hydrogens (tertiary/aromatic N) is 2. The van der Waals surface area contributed by atoms with Gasteiger partial charge in [-0.15, -0.1) is 0 Å². The largest absolute Gasteiger partial charge is 0.375 e. The van der Waals surface area contributed by atoms with Crippen molar-refractivity contribution in [3.8, 4) is 0 Å². The van der Waals surface area contributed by atoms with Crippen LogP contribution in [0.3, 0.4) is 0 Å². The summed E-state index contributed by atoms with van der Waals surface area (Å²) in [4.78, 5) is 7.37. The summed E-state index contributed by atoms with van der Waals surface area (Å²) >= 11 is 0. The summed E-state index contributed by atoms with van der Waals surface area (Å²) in [6.45, 7) is 6.36. The van der Waals surface area contributed by atoms with E-state index >= 15 is 0 Å². The van der Waals surface area contributed by atoms with E-state index in [1.807, 2.05) is 12.3 Å². The number of anilines is 1. The zero-order valence-corrected chi connectivity index (χ0v) is 19.0. The molecular formula is C27H37N3O. The number of benzene rings is 1. The third-order valence-corrected chi connectivity index (χ3v) is 8.09. The summed E-state index contributed by atoms with van der Waals surface area (Å²) in [5.74, 6) is 0. The van der Waals surface area contributed by atoms with Crippen molar-refractivity contribution in [2.45, 2.75) is 75.3 Å². The second-order valence-corrected chi connectivity index (χ2v) is 9.84. The number of hydrogen-bond acceptors (Lipinski definition) is 4. The van der Waals surface area contributed by atoms with Crippen LogP contribution in [-0.4, -0.2) is 36.8 Å². The second kappa shape index (κ2) is 8.91. The van der Waals surface area contributed by atoms with Crippen molar-refractivity contribution < 1.29 is 4.74 Å². The highest BCUT2D eigenvalue weighted by molar-refractivity contribution is 5.56. The van der Waals surface area contributed by atoms with Gasteiger partial charge in [-0.3, -0.25) is 4.98 Å². The van der Waals surface area contributed by atoms with Gasteiger partial charge in [0, 0.05) is 48.7 Å². The number of aromatic nitrogens is 1. The Balaban J connectivity index is 1.33. The molecule has 1 spiro atoms. The highest BCUT2D eigenvalue weighted by Gasteiger charge is 2.48. The van der Waals surface area contributed by atoms with Crippen LogP contribution in [-0.2, 0) is 10.2 Å². The Morgan fingerprint density at radius 3 is 2.74 bits per heavy atom. The fraction of sp³-hybridized carbons (Fsp3) is 0.593. The standard InChI is InChI=1S/C27H37N3O/c1-2-30-19-12-23(22-9-3-4-10-24(22)30)28-18-15-26(25-11-5-8-17-29-25)16-20-31-27(21-26)13-6-7-14-27/h3-5,8-11,17,23,28H,2,6-7,12-16,18-21H2,1H3/t23-,26+/m0/s1. The van der Waals surface area contributed by atoms with Crippen molar-refractivity contribution in [1.82, 2.24) is 10.3 Å². The summed E-state index contributed by atoms with van der Waals surface area (Å²) < 4.78 is 6.42. The van der Waals surface area contributed by atoms with Crippen molar-refractivity contribution in [2.24, 2.45) is 0 Å². The van der Waals surface area contributed by atoms with E-state index in [0.717, 1.165) is 45.5 Å². The number of hydrogen-bond donors (Lipinski definition) is 1. The van der Waals surface area contributed by atoms with Crippen molar-refractivity contribution >= 4 is 5.69 Å². The van der Waals surface area contributed by atoms with Gasteiger partial charge < -0.3 is 15.0 Å². The Kier molecular flexibility index (Phi) is 6.03. The van der Waals surface area contributed by atoms with E-state index in [1.165, 1.54) is 49.0 Å². The molecule has 4 heteroatoms. The lowest BCUT2D eigenvalue weighted by Gasteiger charge is -2.46. The fourth-order valence-electron chi connectivity index (χ4n) is 6.45. The minimum absolute atomic E-state index is 0.0921. The van der Waals surface area contributed by atoms with Gasteiger partial charge in [-0.2, -0.15) is 0 Å². The van der Waals surface area contributed by atoms with Crippen LogP contribution in [0.4, 0.5) is 5.69 Å². The molecule has 1 aromatic carbocycles. The molecule has 31 heavy (non-hydrogen) atoms. The van der Waals surface area contributed by atoms with Gasteiger partial charge in [-0.1, -0.05) is 37.1 Å². The predicted octanol–water partition coefficient (Wildman–Crippen LogP) is 5.39. The summed E-state index contributed by atoms with van der Waals surface area (Å²) in [7, 11) is 0. The first kappa shape index (κ1) is 21.0. The molecule has 2 fully saturated rings. The molecule has 5 rings (SSSR count). The summed E-state index contributed by atoms with van der Waals surface area (Å²) in [5, 5.41) is 3.95. The Morgan fingerprint density at radius 1 is 1.10 bits per heavy atom. The summed E-state index contributed by atoms with van der Waals surface area (Å²) in [5.41, 5.74) is 4.36. The number of fused-ring (bicyclic) bond motifs is 1. The van der Waals surface area contributed by atoms with E-state index in [1.54, 1.807) is 0 Å². The maximum absolute atomic E-state index is 6.42. The first-order chi connectivity index (χ1) is 15.2. The lowest BCUT2D eigenvalue weighted by atomic mass is 9.68. The molecular weight excluding hydrogens is 382 g/mol. The van der Waals surface area contributed by atoms with E-state index in [2.05, 4.69) is 53.5 Å². The normalized spacial score (nSPS) is 27.4. The van der Waals surface area contributed by atoms with Crippen LogP contribution in [0.5, 0.6) is 0 Å². The second-order valence-electron chi connectivity index (χ2n) is 9.84. The van der Waals surface area contributed by atoms with Crippen molar-refractivity contribution in [3.63, 3.8) is 0 Å². The first-order valence-electron chi connectivity index (χ1n) is 12.4. The van der Waals surface area contributed by atoms with Gasteiger partial charge in [-0.05, 0) is 75.8 Å². The highest BCUT2D eigenvalue weighted by atomic mass is 16.5. The highest BCUT2D eigenvalue weighted by Crippen LogP contribution is 2.49. The van der Waals surface area contributed by atoms with E-state index in [4.69, 9.17) is 9.72 Å². The van der Waals surface area contributed by atoms with Crippen molar-refractivity contribution in [3.05, 3.63) is 59.9 Å². The van der Waals surface area contributed by atoms with Crippen LogP contribution in [0.25, 0.3) is 0 Å². The molecule has 3 aliphatic rings. The van der Waals surface area contributed by atoms with Gasteiger partial charge in [-0.25, -0.2) is 0 Å². The molecule has 2 atom stereocenters. The SMILES string of the molecule is CCN1CC[C@H](NCC[C@@]2(c3ccccn3)CCOC3(CCCC3)C2)c2ccccc21. The van der Waals surface area contributed by atoms with Crippen LogP contribution in [0, 0.1) is 0 Å². The van der Waals surface area contributed by atoms with Gasteiger partial charge in [0.05, 0.1) is 5.60 Å². The maximum Gasteiger partial charge on any atom is 0.0691 e. The summed E-state index contributed by atoms with van der Waals surface area (Å²) in [6.07, 6.45) is 11.5. The van der Waals surface area contributed by atoms with Crippen LogP contribution in [0.2, 0.25) is 0 Å². The Labute approximate surface area is 187 Å². The lowest BCUT2D eigenvalue weighted by molar-refractivity contribution is -0.104. The van der Waals surface area contributed by atoms with E-state index in [9.17, 15) is 0 Å². The quantitative estimate of drug-likeness (QED) is 0.681. The molecule has 0 unspecified atom stereocenters. The molecule has 3 heterocycles. The van der Waals surface area contributed by atoms with Crippen molar-refractivity contribution in [1.29, 1.82) is 0 Å². The van der Waals surface area contributed by atoms with Crippen LogP contribution in [0.1, 0.15) is 75.6 Å². The van der Waals surface area contributed by atoms with E-state index < -0.39 is 0 Å². The van der Waals surface area contributed by atoms with Gasteiger partial charge in [0.15, 0.2) is 0 Å². The number of para-hydroxylation sites is 1. The lowest BCUT2D eigenvalue weighted by Crippen LogP contribution is -2.47.